The van der Waals surface area contributed by atoms with E-state index in [9.17, 15) is 4.79 Å². The number of H-pyrrole nitrogens is 1. The number of amides is 1. The Hall–Kier alpha value is -3.09. The molecule has 1 N–H and O–H groups in total. The number of aromatic amines is 1. The Morgan fingerprint density at radius 1 is 1.19 bits per heavy atom. The molecule has 0 radical (unpaired) electrons. The molecule has 132 valence electrons. The summed E-state index contributed by atoms with van der Waals surface area (Å²) < 4.78 is 0. The molecule has 1 atom stereocenters. The van der Waals surface area contributed by atoms with E-state index >= 15 is 0 Å². The zero-order valence-electron chi connectivity index (χ0n) is 14.4. The molecule has 0 aromatic carbocycles. The number of aromatic nitrogens is 5. The third-order valence-electron chi connectivity index (χ3n) is 4.66. The van der Waals surface area contributed by atoms with Crippen LogP contribution in [0.25, 0.3) is 11.5 Å². The number of piperidine rings is 1. The van der Waals surface area contributed by atoms with Crippen molar-refractivity contribution >= 4 is 5.91 Å². The topological polar surface area (TPSA) is 87.7 Å². The van der Waals surface area contributed by atoms with Crippen molar-refractivity contribution in [3.8, 4) is 11.5 Å². The molecule has 3 aromatic heterocycles. The van der Waals surface area contributed by atoms with Gasteiger partial charge in [-0.2, -0.15) is 0 Å². The number of carbonyl (C=O) groups excluding carboxylic acids is 1. The first-order valence-electron chi connectivity index (χ1n) is 8.79. The van der Waals surface area contributed by atoms with Crippen LogP contribution in [0.3, 0.4) is 0 Å². The second kappa shape index (κ2) is 7.43. The fraction of sp³-hybridized carbons (Fsp3) is 0.316. The quantitative estimate of drug-likeness (QED) is 0.782. The minimum absolute atomic E-state index is 0.0764. The highest BCUT2D eigenvalue weighted by molar-refractivity contribution is 5.94. The third-order valence-corrected chi connectivity index (χ3v) is 4.66. The van der Waals surface area contributed by atoms with Crippen molar-refractivity contribution in [1.82, 2.24) is 29.8 Å². The first-order chi connectivity index (χ1) is 12.8. The molecule has 0 spiro atoms. The number of nitrogens with zero attached hydrogens (tertiary/aromatic N) is 5. The number of imidazole rings is 1. The Bertz CT molecular complexity index is 865. The highest BCUT2D eigenvalue weighted by atomic mass is 16.2. The molecule has 4 rings (SSSR count). The van der Waals surface area contributed by atoms with E-state index in [-0.39, 0.29) is 5.91 Å². The van der Waals surface area contributed by atoms with Gasteiger partial charge in [-0.25, -0.2) is 9.97 Å². The number of nitrogens with one attached hydrogen (secondary N) is 1. The lowest BCUT2D eigenvalue weighted by Gasteiger charge is -2.32. The summed E-state index contributed by atoms with van der Waals surface area (Å²) in [5, 5.41) is 0. The average Bonchev–Trinajstić information content (AvgIpc) is 3.23. The van der Waals surface area contributed by atoms with E-state index in [4.69, 9.17) is 0 Å². The molecule has 1 saturated heterocycles. The van der Waals surface area contributed by atoms with Gasteiger partial charge in [0.25, 0.3) is 5.91 Å². The van der Waals surface area contributed by atoms with Crippen LogP contribution in [0, 0.1) is 5.92 Å². The van der Waals surface area contributed by atoms with Crippen LogP contribution in [0.2, 0.25) is 0 Å². The van der Waals surface area contributed by atoms with Crippen LogP contribution in [-0.4, -0.2) is 48.8 Å². The van der Waals surface area contributed by atoms with Gasteiger partial charge in [0.1, 0.15) is 5.69 Å². The smallest absolute Gasteiger partial charge is 0.253 e. The maximum Gasteiger partial charge on any atom is 0.253 e. The Labute approximate surface area is 151 Å². The molecule has 4 heterocycles. The molecular formula is C19H20N6O. The van der Waals surface area contributed by atoms with Crippen molar-refractivity contribution < 1.29 is 4.79 Å². The average molecular weight is 348 g/mol. The van der Waals surface area contributed by atoms with Crippen molar-refractivity contribution in [3.05, 3.63) is 60.6 Å². The first-order valence-corrected chi connectivity index (χ1v) is 8.79. The number of hydrogen-bond donors (Lipinski definition) is 1. The highest BCUT2D eigenvalue weighted by Gasteiger charge is 2.25. The predicted molar refractivity (Wildman–Crippen MR) is 96.2 cm³/mol. The van der Waals surface area contributed by atoms with Gasteiger partial charge < -0.3 is 9.88 Å². The van der Waals surface area contributed by atoms with Crippen molar-refractivity contribution in [3.63, 3.8) is 0 Å². The summed E-state index contributed by atoms with van der Waals surface area (Å²) in [6, 6.07) is 3.54. The highest BCUT2D eigenvalue weighted by Crippen LogP contribution is 2.22. The lowest BCUT2D eigenvalue weighted by Crippen LogP contribution is -2.40. The summed E-state index contributed by atoms with van der Waals surface area (Å²) in [5.74, 6) is 1.18. The van der Waals surface area contributed by atoms with Crippen LogP contribution >= 0.6 is 0 Å². The van der Waals surface area contributed by atoms with E-state index in [0.29, 0.717) is 11.5 Å². The molecule has 7 nitrogen and oxygen atoms in total. The van der Waals surface area contributed by atoms with Crippen LogP contribution in [0.5, 0.6) is 0 Å². The molecule has 0 aliphatic carbocycles. The standard InChI is InChI=1S/C19H20N6O/c26-19(15-3-5-20-6-4-15)25-9-1-2-14(13-25)10-16-11-21-12-17(24-16)18-22-7-8-23-18/h3-8,11-12,14H,1-2,9-10,13H2,(H,22,23)/t14-/m0/s1. The summed E-state index contributed by atoms with van der Waals surface area (Å²) in [6.45, 7) is 1.55. The molecular weight excluding hydrogens is 328 g/mol. The van der Waals surface area contributed by atoms with Gasteiger partial charge in [0.15, 0.2) is 5.82 Å². The summed E-state index contributed by atoms with van der Waals surface area (Å²) in [7, 11) is 0. The number of hydrogen-bond acceptors (Lipinski definition) is 5. The van der Waals surface area contributed by atoms with E-state index in [2.05, 4.69) is 24.9 Å². The fourth-order valence-electron chi connectivity index (χ4n) is 3.41. The van der Waals surface area contributed by atoms with Gasteiger partial charge in [-0.3, -0.25) is 14.8 Å². The zero-order chi connectivity index (χ0) is 17.8. The molecule has 26 heavy (non-hydrogen) atoms. The van der Waals surface area contributed by atoms with E-state index in [1.165, 1.54) is 0 Å². The van der Waals surface area contributed by atoms with Crippen molar-refractivity contribution in [2.24, 2.45) is 5.92 Å². The largest absolute Gasteiger partial charge is 0.343 e. The molecule has 1 aliphatic rings. The summed E-state index contributed by atoms with van der Waals surface area (Å²) >= 11 is 0. The van der Waals surface area contributed by atoms with Gasteiger partial charge in [-0.1, -0.05) is 0 Å². The van der Waals surface area contributed by atoms with Crippen LogP contribution < -0.4 is 0 Å². The maximum atomic E-state index is 12.7. The van der Waals surface area contributed by atoms with Gasteiger partial charge >= 0.3 is 0 Å². The third kappa shape index (κ3) is 3.61. The minimum atomic E-state index is 0.0764. The minimum Gasteiger partial charge on any atom is -0.343 e. The van der Waals surface area contributed by atoms with Crippen LogP contribution in [-0.2, 0) is 6.42 Å². The maximum absolute atomic E-state index is 12.7. The molecule has 7 heteroatoms. The van der Waals surface area contributed by atoms with Crippen LogP contribution in [0.1, 0.15) is 28.9 Å². The second-order valence-corrected chi connectivity index (χ2v) is 6.53. The number of pyridine rings is 1. The van der Waals surface area contributed by atoms with E-state index in [1.54, 1.807) is 49.3 Å². The lowest BCUT2D eigenvalue weighted by molar-refractivity contribution is 0.0672. The second-order valence-electron chi connectivity index (χ2n) is 6.53. The van der Waals surface area contributed by atoms with E-state index in [0.717, 1.165) is 49.6 Å². The van der Waals surface area contributed by atoms with Crippen LogP contribution in [0.4, 0.5) is 0 Å². The monoisotopic (exact) mass is 348 g/mol. The molecule has 1 aliphatic heterocycles. The number of rotatable bonds is 4. The zero-order valence-corrected chi connectivity index (χ0v) is 14.4. The molecule has 1 fully saturated rings. The van der Waals surface area contributed by atoms with Crippen LogP contribution in [0.15, 0.2) is 49.3 Å². The summed E-state index contributed by atoms with van der Waals surface area (Å²) in [6.07, 6.45) is 13.2. The normalized spacial score (nSPS) is 17.2. The molecule has 1 amide bonds. The van der Waals surface area contributed by atoms with Gasteiger partial charge in [0.05, 0.1) is 11.9 Å². The molecule has 0 bridgehead atoms. The lowest BCUT2D eigenvalue weighted by atomic mass is 9.93. The predicted octanol–water partition coefficient (Wildman–Crippen LogP) is 2.36. The van der Waals surface area contributed by atoms with Gasteiger partial charge in [-0.15, -0.1) is 0 Å². The Morgan fingerprint density at radius 2 is 2.08 bits per heavy atom. The van der Waals surface area contributed by atoms with E-state index in [1.807, 2.05) is 4.90 Å². The SMILES string of the molecule is O=C(c1ccncc1)N1CCC[C@@H](Cc2cncc(-c3ncc[nH]3)n2)C1. The Morgan fingerprint density at radius 3 is 2.88 bits per heavy atom. The van der Waals surface area contributed by atoms with Gasteiger partial charge in [0, 0.05) is 49.6 Å². The van der Waals surface area contributed by atoms with Gasteiger partial charge in [-0.05, 0) is 37.3 Å². The molecule has 0 saturated carbocycles. The Kier molecular flexibility index (Phi) is 4.68. The molecule has 3 aromatic rings. The van der Waals surface area contributed by atoms with Crippen molar-refractivity contribution in [2.75, 3.05) is 13.1 Å². The summed E-state index contributed by atoms with van der Waals surface area (Å²) in [5.41, 5.74) is 2.37. The van der Waals surface area contributed by atoms with Crippen molar-refractivity contribution in [2.45, 2.75) is 19.3 Å². The summed E-state index contributed by atoms with van der Waals surface area (Å²) in [4.78, 5) is 34.8. The van der Waals surface area contributed by atoms with E-state index < -0.39 is 0 Å². The number of carbonyl (C=O) groups is 1. The van der Waals surface area contributed by atoms with Crippen molar-refractivity contribution in [1.29, 1.82) is 0 Å². The molecule has 0 unspecified atom stereocenters. The number of likely N-dealkylation sites (tertiary alicyclic amines) is 1. The Balaban J connectivity index is 1.44. The first kappa shape index (κ1) is 16.4. The fourth-order valence-corrected chi connectivity index (χ4v) is 3.41. The van der Waals surface area contributed by atoms with Gasteiger partial charge in [0.2, 0.25) is 0 Å².